The minimum Gasteiger partial charge on any atom is -0.493 e. The molecule has 0 bridgehead atoms. The van der Waals surface area contributed by atoms with E-state index < -0.39 is 0 Å². The molecule has 0 spiro atoms. The molecule has 0 aromatic heterocycles. The Hall–Kier alpha value is -2.94. The highest BCUT2D eigenvalue weighted by molar-refractivity contribution is 5.37. The molecule has 0 N–H and O–H groups in total. The Kier molecular flexibility index (Phi) is 25.2. The highest BCUT2D eigenvalue weighted by atomic mass is 16.5. The lowest BCUT2D eigenvalue weighted by atomic mass is 10.1. The molecule has 0 aliphatic heterocycles. The first-order valence-electron chi connectivity index (χ1n) is 16.5. The van der Waals surface area contributed by atoms with Crippen molar-refractivity contribution in [2.24, 2.45) is 0 Å². The molecule has 0 atom stereocenters. The van der Waals surface area contributed by atoms with Gasteiger partial charge in [-0.2, -0.15) is 0 Å². The van der Waals surface area contributed by atoms with E-state index in [4.69, 9.17) is 9.47 Å². The third-order valence-corrected chi connectivity index (χ3v) is 6.87. The van der Waals surface area contributed by atoms with Crippen LogP contribution in [0.15, 0.2) is 18.2 Å². The predicted molar refractivity (Wildman–Crippen MR) is 177 cm³/mol. The van der Waals surface area contributed by atoms with Crippen LogP contribution in [0, 0.1) is 54.3 Å². The summed E-state index contributed by atoms with van der Waals surface area (Å²) in [6.45, 7) is 7.70. The van der Waals surface area contributed by atoms with E-state index in [0.29, 0.717) is 0 Å². The van der Waals surface area contributed by atoms with E-state index in [1.807, 2.05) is 13.0 Å². The minimum absolute atomic E-state index is 0.775. The second kappa shape index (κ2) is 28.6. The second-order valence-corrected chi connectivity index (χ2v) is 10.9. The number of ether oxygens (including phenoxy) is 2. The van der Waals surface area contributed by atoms with Crippen LogP contribution in [-0.2, 0) is 0 Å². The zero-order chi connectivity index (χ0) is 29.5. The van der Waals surface area contributed by atoms with E-state index in [2.05, 4.69) is 73.3 Å². The Morgan fingerprint density at radius 2 is 0.878 bits per heavy atom. The smallest absolute Gasteiger partial charge is 0.123 e. The molecule has 0 amide bonds. The summed E-state index contributed by atoms with van der Waals surface area (Å²) >= 11 is 0. The van der Waals surface area contributed by atoms with Gasteiger partial charge in [0.15, 0.2) is 0 Å². The minimum atomic E-state index is 0.775. The van der Waals surface area contributed by atoms with Crippen molar-refractivity contribution < 1.29 is 9.47 Å². The maximum Gasteiger partial charge on any atom is 0.123 e. The molecule has 0 aliphatic rings. The molecule has 41 heavy (non-hydrogen) atoms. The van der Waals surface area contributed by atoms with Gasteiger partial charge in [0.2, 0.25) is 0 Å². The van der Waals surface area contributed by atoms with Gasteiger partial charge in [0, 0.05) is 25.3 Å². The van der Waals surface area contributed by atoms with E-state index in [0.717, 1.165) is 56.8 Å². The number of unbranched alkanes of at least 4 members (excludes halogenated alkanes) is 17. The number of aryl methyl sites for hydroxylation is 1. The van der Waals surface area contributed by atoms with Crippen LogP contribution in [0.1, 0.15) is 148 Å². The van der Waals surface area contributed by atoms with Gasteiger partial charge < -0.3 is 9.47 Å². The van der Waals surface area contributed by atoms with E-state index in [-0.39, 0.29) is 0 Å². The fourth-order valence-corrected chi connectivity index (χ4v) is 4.51. The first-order valence-corrected chi connectivity index (χ1v) is 16.5. The van der Waals surface area contributed by atoms with Crippen molar-refractivity contribution in [2.45, 2.75) is 149 Å². The van der Waals surface area contributed by atoms with E-state index in [1.165, 1.54) is 102 Å². The largest absolute Gasteiger partial charge is 0.493 e. The maximum atomic E-state index is 6.04. The fourth-order valence-electron chi connectivity index (χ4n) is 4.51. The van der Waals surface area contributed by atoms with Gasteiger partial charge in [0.05, 0.1) is 13.2 Å². The van der Waals surface area contributed by atoms with Crippen molar-refractivity contribution in [3.05, 3.63) is 23.8 Å². The lowest BCUT2D eigenvalue weighted by Gasteiger charge is -2.11. The SMILES string of the molecule is CC#CC#CCCCCCCCCCOc1cc(C)cc(OCCCCCCCCCC#CC#CCCCCC)c1. The normalized spacial score (nSPS) is 9.73. The van der Waals surface area contributed by atoms with Crippen molar-refractivity contribution in [1.82, 2.24) is 0 Å². The van der Waals surface area contributed by atoms with Crippen LogP contribution in [0.5, 0.6) is 11.5 Å². The van der Waals surface area contributed by atoms with Crippen LogP contribution in [0.4, 0.5) is 0 Å². The third-order valence-electron chi connectivity index (χ3n) is 6.87. The number of hydrogen-bond donors (Lipinski definition) is 0. The van der Waals surface area contributed by atoms with Crippen LogP contribution >= 0.6 is 0 Å². The molecule has 1 aromatic rings. The van der Waals surface area contributed by atoms with Gasteiger partial charge in [-0.1, -0.05) is 108 Å². The van der Waals surface area contributed by atoms with Gasteiger partial charge in [-0.3, -0.25) is 0 Å². The van der Waals surface area contributed by atoms with Gasteiger partial charge in [-0.05, 0) is 87.3 Å². The van der Waals surface area contributed by atoms with E-state index >= 15 is 0 Å². The molecule has 0 radical (unpaired) electrons. The first-order chi connectivity index (χ1) is 20.3. The van der Waals surface area contributed by atoms with Crippen LogP contribution in [0.2, 0.25) is 0 Å². The molecule has 0 aliphatic carbocycles. The molecular formula is C39H56O2. The van der Waals surface area contributed by atoms with E-state index in [9.17, 15) is 0 Å². The fraction of sp³-hybridized carbons (Fsp3) is 0.641. The Morgan fingerprint density at radius 3 is 1.32 bits per heavy atom. The Balaban J connectivity index is 2.00. The molecule has 0 unspecified atom stereocenters. The second-order valence-electron chi connectivity index (χ2n) is 10.9. The zero-order valence-electron chi connectivity index (χ0n) is 26.6. The summed E-state index contributed by atoms with van der Waals surface area (Å²) < 4.78 is 12.1. The van der Waals surface area contributed by atoms with Crippen molar-refractivity contribution in [3.8, 4) is 58.9 Å². The van der Waals surface area contributed by atoms with Gasteiger partial charge in [-0.15, -0.1) is 0 Å². The molecule has 0 saturated heterocycles. The van der Waals surface area contributed by atoms with Gasteiger partial charge in [0.1, 0.15) is 11.5 Å². The molecule has 2 heteroatoms. The summed E-state index contributed by atoms with van der Waals surface area (Å²) in [5.41, 5.74) is 1.19. The summed E-state index contributed by atoms with van der Waals surface area (Å²) in [4.78, 5) is 0. The van der Waals surface area contributed by atoms with Crippen molar-refractivity contribution in [2.75, 3.05) is 13.2 Å². The van der Waals surface area contributed by atoms with Crippen molar-refractivity contribution in [3.63, 3.8) is 0 Å². The first kappa shape index (κ1) is 36.1. The molecule has 2 nitrogen and oxygen atoms in total. The lowest BCUT2D eigenvalue weighted by molar-refractivity contribution is 0.289. The summed E-state index contributed by atoms with van der Waals surface area (Å²) in [5.74, 6) is 25.8. The number of hydrogen-bond acceptors (Lipinski definition) is 2. The molecular weight excluding hydrogens is 500 g/mol. The van der Waals surface area contributed by atoms with Gasteiger partial charge in [0.25, 0.3) is 0 Å². The standard InChI is InChI=1S/C39H56O2/c1-4-6-8-10-12-14-16-18-19-20-21-23-25-27-29-31-33-41-39-35-37(3)34-38(36-39)40-32-30-28-26-24-22-17-15-13-11-9-7-5-2/h34-36H,4,6,8,10,13,15,17,19-33H2,1-3H3. The van der Waals surface area contributed by atoms with Crippen molar-refractivity contribution >= 4 is 0 Å². The lowest BCUT2D eigenvalue weighted by Crippen LogP contribution is -2.00. The Bertz CT molecular complexity index is 1020. The summed E-state index contributed by atoms with van der Waals surface area (Å²) in [6, 6.07) is 6.26. The summed E-state index contributed by atoms with van der Waals surface area (Å²) in [6.07, 6.45) is 24.0. The molecule has 1 aromatic carbocycles. The van der Waals surface area contributed by atoms with Crippen molar-refractivity contribution in [1.29, 1.82) is 0 Å². The molecule has 0 fully saturated rings. The number of benzene rings is 1. The molecule has 0 saturated carbocycles. The van der Waals surface area contributed by atoms with Gasteiger partial charge in [-0.25, -0.2) is 0 Å². The van der Waals surface area contributed by atoms with Crippen LogP contribution < -0.4 is 9.47 Å². The predicted octanol–water partition coefficient (Wildman–Crippen LogP) is 10.6. The van der Waals surface area contributed by atoms with Crippen LogP contribution in [0.25, 0.3) is 0 Å². The third kappa shape index (κ3) is 24.6. The maximum absolute atomic E-state index is 6.04. The average Bonchev–Trinajstić information content (AvgIpc) is 2.97. The number of rotatable bonds is 23. The highest BCUT2D eigenvalue weighted by Gasteiger charge is 2.02. The highest BCUT2D eigenvalue weighted by Crippen LogP contribution is 2.23. The van der Waals surface area contributed by atoms with Crippen LogP contribution in [0.3, 0.4) is 0 Å². The average molecular weight is 557 g/mol. The Morgan fingerprint density at radius 1 is 0.488 bits per heavy atom. The zero-order valence-corrected chi connectivity index (χ0v) is 26.6. The molecule has 0 heterocycles. The monoisotopic (exact) mass is 556 g/mol. The Labute approximate surface area is 254 Å². The summed E-state index contributed by atoms with van der Waals surface area (Å²) in [5, 5.41) is 0. The van der Waals surface area contributed by atoms with Crippen LogP contribution in [-0.4, -0.2) is 13.2 Å². The summed E-state index contributed by atoms with van der Waals surface area (Å²) in [7, 11) is 0. The molecule has 1 rings (SSSR count). The topological polar surface area (TPSA) is 18.5 Å². The van der Waals surface area contributed by atoms with Gasteiger partial charge >= 0.3 is 0 Å². The quantitative estimate of drug-likeness (QED) is 0.0986. The molecule has 224 valence electrons. The van der Waals surface area contributed by atoms with E-state index in [1.54, 1.807) is 0 Å².